The molecule has 0 aliphatic rings. The number of aromatic nitrogens is 2. The van der Waals surface area contributed by atoms with E-state index in [1.54, 1.807) is 31.2 Å². The summed E-state index contributed by atoms with van der Waals surface area (Å²) in [4.78, 5) is 21.8. The Bertz CT molecular complexity index is 859. The number of esters is 1. The van der Waals surface area contributed by atoms with Gasteiger partial charge in [0.15, 0.2) is 0 Å². The molecule has 0 amide bonds. The fourth-order valence-corrected chi connectivity index (χ4v) is 3.28. The first kappa shape index (κ1) is 15.2. The first-order chi connectivity index (χ1) is 11.1. The summed E-state index contributed by atoms with van der Waals surface area (Å²) in [5.41, 5.74) is 1.58. The number of carbonyl (C=O) groups excluding carboxylic acids is 1. The van der Waals surface area contributed by atoms with Crippen molar-refractivity contribution in [3.8, 4) is 5.75 Å². The molecule has 0 fully saturated rings. The second-order valence-electron chi connectivity index (χ2n) is 4.85. The van der Waals surface area contributed by atoms with E-state index in [1.807, 2.05) is 6.92 Å². The number of nitrogens with one attached hydrogen (secondary N) is 1. The Kier molecular flexibility index (Phi) is 4.12. The maximum Gasteiger partial charge on any atom is 0.348 e. The van der Waals surface area contributed by atoms with Crippen molar-refractivity contribution in [1.29, 1.82) is 0 Å². The third kappa shape index (κ3) is 2.95. The molecule has 0 aliphatic carbocycles. The highest BCUT2D eigenvalue weighted by Gasteiger charge is 2.20. The quantitative estimate of drug-likeness (QED) is 0.562. The largest absolute Gasteiger partial charge is 0.508 e. The van der Waals surface area contributed by atoms with Gasteiger partial charge in [-0.15, -0.1) is 11.3 Å². The molecule has 3 aromatic rings. The maximum absolute atomic E-state index is 12.0. The summed E-state index contributed by atoms with van der Waals surface area (Å²) < 4.78 is 5.08. The van der Waals surface area contributed by atoms with Crippen LogP contribution in [0.5, 0.6) is 5.75 Å². The highest BCUT2D eigenvalue weighted by molar-refractivity contribution is 7.20. The number of phenols is 1. The van der Waals surface area contributed by atoms with Crippen LogP contribution in [0.3, 0.4) is 0 Å². The lowest BCUT2D eigenvalue weighted by molar-refractivity contribution is 0.0531. The number of hydrogen-bond donors (Lipinski definition) is 2. The minimum absolute atomic E-state index is 0.194. The molecule has 1 aromatic carbocycles. The molecule has 0 bridgehead atoms. The molecule has 6 nitrogen and oxygen atoms in total. The number of hydrogen-bond acceptors (Lipinski definition) is 7. The van der Waals surface area contributed by atoms with Crippen LogP contribution in [0.25, 0.3) is 10.2 Å². The zero-order chi connectivity index (χ0) is 16.4. The summed E-state index contributed by atoms with van der Waals surface area (Å²) >= 11 is 1.29. The second kappa shape index (κ2) is 6.21. The van der Waals surface area contributed by atoms with Crippen LogP contribution in [0.15, 0.2) is 30.6 Å². The lowest BCUT2D eigenvalue weighted by Crippen LogP contribution is -2.03. The van der Waals surface area contributed by atoms with E-state index in [9.17, 15) is 9.90 Å². The number of anilines is 2. The summed E-state index contributed by atoms with van der Waals surface area (Å²) in [5.74, 6) is 0.466. The number of carbonyl (C=O) groups is 1. The predicted octanol–water partition coefficient (Wildman–Crippen LogP) is 3.63. The monoisotopic (exact) mass is 329 g/mol. The van der Waals surface area contributed by atoms with E-state index in [-0.39, 0.29) is 11.7 Å². The van der Waals surface area contributed by atoms with Crippen molar-refractivity contribution < 1.29 is 14.6 Å². The number of benzene rings is 1. The molecule has 3 rings (SSSR count). The van der Waals surface area contributed by atoms with Crippen LogP contribution in [0.4, 0.5) is 11.5 Å². The molecule has 118 valence electrons. The van der Waals surface area contributed by atoms with E-state index in [2.05, 4.69) is 15.3 Å². The van der Waals surface area contributed by atoms with E-state index in [4.69, 9.17) is 4.74 Å². The number of nitrogens with zero attached hydrogens (tertiary/aromatic N) is 2. The Morgan fingerprint density at radius 2 is 2.04 bits per heavy atom. The van der Waals surface area contributed by atoms with E-state index in [1.165, 1.54) is 17.7 Å². The first-order valence-electron chi connectivity index (χ1n) is 7.07. The van der Waals surface area contributed by atoms with Crippen molar-refractivity contribution in [3.63, 3.8) is 0 Å². The summed E-state index contributed by atoms with van der Waals surface area (Å²) in [5, 5.41) is 13.3. The van der Waals surface area contributed by atoms with E-state index < -0.39 is 0 Å². The minimum atomic E-state index is -0.344. The standard InChI is InChI=1S/C16H15N3O3S/c1-3-22-16(21)13-9(2)12-14(17-8-18-15(12)23-13)19-10-4-6-11(20)7-5-10/h4-8,20H,3H2,1-2H3,(H,17,18,19). The molecule has 0 aliphatic heterocycles. The van der Waals surface area contributed by atoms with Gasteiger partial charge in [0.25, 0.3) is 0 Å². The summed E-state index contributed by atoms with van der Waals surface area (Å²) in [6, 6.07) is 6.67. The Morgan fingerprint density at radius 1 is 1.30 bits per heavy atom. The van der Waals surface area contributed by atoms with Crippen molar-refractivity contribution in [1.82, 2.24) is 9.97 Å². The highest BCUT2D eigenvalue weighted by Crippen LogP contribution is 2.34. The van der Waals surface area contributed by atoms with E-state index >= 15 is 0 Å². The van der Waals surface area contributed by atoms with Crippen molar-refractivity contribution in [2.24, 2.45) is 0 Å². The highest BCUT2D eigenvalue weighted by atomic mass is 32.1. The van der Waals surface area contributed by atoms with Gasteiger partial charge in [-0.05, 0) is 43.7 Å². The van der Waals surface area contributed by atoms with Gasteiger partial charge < -0.3 is 15.2 Å². The van der Waals surface area contributed by atoms with Crippen LogP contribution >= 0.6 is 11.3 Å². The molecule has 0 atom stereocenters. The molecular formula is C16H15N3O3S. The van der Waals surface area contributed by atoms with Crippen LogP contribution in [0.2, 0.25) is 0 Å². The van der Waals surface area contributed by atoms with Gasteiger partial charge in [0.05, 0.1) is 12.0 Å². The smallest absolute Gasteiger partial charge is 0.348 e. The lowest BCUT2D eigenvalue weighted by Gasteiger charge is -2.07. The van der Waals surface area contributed by atoms with Gasteiger partial charge in [0.2, 0.25) is 0 Å². The number of ether oxygens (including phenoxy) is 1. The Morgan fingerprint density at radius 3 is 2.74 bits per heavy atom. The average molecular weight is 329 g/mol. The number of aryl methyl sites for hydroxylation is 1. The molecule has 2 heterocycles. The topological polar surface area (TPSA) is 84.3 Å². The van der Waals surface area contributed by atoms with Crippen molar-refractivity contribution >= 4 is 39.0 Å². The van der Waals surface area contributed by atoms with Gasteiger partial charge in [-0.25, -0.2) is 14.8 Å². The average Bonchev–Trinajstić information content (AvgIpc) is 2.88. The molecule has 0 unspecified atom stereocenters. The molecule has 0 radical (unpaired) electrons. The molecule has 7 heteroatoms. The van der Waals surface area contributed by atoms with Crippen molar-refractivity contribution in [3.05, 3.63) is 41.0 Å². The van der Waals surface area contributed by atoms with Crippen LogP contribution in [0.1, 0.15) is 22.2 Å². The SMILES string of the molecule is CCOC(=O)c1sc2ncnc(Nc3ccc(O)cc3)c2c1C. The van der Waals surface area contributed by atoms with Crippen LogP contribution in [-0.2, 0) is 4.74 Å². The van der Waals surface area contributed by atoms with Crippen molar-refractivity contribution in [2.45, 2.75) is 13.8 Å². The third-order valence-electron chi connectivity index (χ3n) is 3.32. The minimum Gasteiger partial charge on any atom is -0.508 e. The summed E-state index contributed by atoms with van der Waals surface area (Å²) in [6.45, 7) is 3.96. The zero-order valence-corrected chi connectivity index (χ0v) is 13.5. The fourth-order valence-electron chi connectivity index (χ4n) is 2.24. The Hall–Kier alpha value is -2.67. The number of phenolic OH excluding ortho intramolecular Hbond substituents is 1. The Labute approximate surface area is 136 Å². The molecular weight excluding hydrogens is 314 g/mol. The number of thiophene rings is 1. The molecule has 23 heavy (non-hydrogen) atoms. The van der Waals surface area contributed by atoms with E-state index in [0.29, 0.717) is 17.3 Å². The van der Waals surface area contributed by atoms with Crippen LogP contribution < -0.4 is 5.32 Å². The van der Waals surface area contributed by atoms with E-state index in [0.717, 1.165) is 21.5 Å². The maximum atomic E-state index is 12.0. The van der Waals surface area contributed by atoms with Gasteiger partial charge in [0.1, 0.15) is 27.6 Å². The number of aromatic hydroxyl groups is 1. The van der Waals surface area contributed by atoms with Gasteiger partial charge in [-0.1, -0.05) is 0 Å². The molecule has 0 saturated carbocycles. The van der Waals surface area contributed by atoms with Gasteiger partial charge in [-0.2, -0.15) is 0 Å². The predicted molar refractivity (Wildman–Crippen MR) is 89.5 cm³/mol. The second-order valence-corrected chi connectivity index (χ2v) is 5.85. The number of rotatable bonds is 4. The van der Waals surface area contributed by atoms with Gasteiger partial charge >= 0.3 is 5.97 Å². The summed E-state index contributed by atoms with van der Waals surface area (Å²) in [6.07, 6.45) is 1.45. The summed E-state index contributed by atoms with van der Waals surface area (Å²) in [7, 11) is 0. The van der Waals surface area contributed by atoms with Gasteiger partial charge in [0, 0.05) is 5.69 Å². The molecule has 0 spiro atoms. The fraction of sp³-hybridized carbons (Fsp3) is 0.188. The molecule has 2 N–H and O–H groups in total. The first-order valence-corrected chi connectivity index (χ1v) is 7.89. The number of fused-ring (bicyclic) bond motifs is 1. The molecule has 2 aromatic heterocycles. The van der Waals surface area contributed by atoms with Crippen molar-refractivity contribution in [2.75, 3.05) is 11.9 Å². The van der Waals surface area contributed by atoms with Crippen LogP contribution in [0, 0.1) is 6.92 Å². The molecule has 0 saturated heterocycles. The zero-order valence-electron chi connectivity index (χ0n) is 12.7. The third-order valence-corrected chi connectivity index (χ3v) is 4.50. The van der Waals surface area contributed by atoms with Gasteiger partial charge in [-0.3, -0.25) is 0 Å². The Balaban J connectivity index is 2.04. The lowest BCUT2D eigenvalue weighted by atomic mass is 10.2. The normalized spacial score (nSPS) is 10.7. The van der Waals surface area contributed by atoms with Crippen LogP contribution in [-0.4, -0.2) is 27.7 Å².